The van der Waals surface area contributed by atoms with Gasteiger partial charge < -0.3 is 15.4 Å². The maximum Gasteiger partial charge on any atom is 0.417 e. The van der Waals surface area contributed by atoms with Crippen LogP contribution in [0.4, 0.5) is 13.2 Å². The molecule has 0 fully saturated rings. The molecular weight excluding hydrogens is 343 g/mol. The number of aromatic nitrogens is 2. The highest BCUT2D eigenvalue weighted by Crippen LogP contribution is 2.37. The first-order valence-electron chi connectivity index (χ1n) is 5.40. The number of hydrogen-bond donors (Lipinski definition) is 2. The van der Waals surface area contributed by atoms with Crippen LogP contribution >= 0.6 is 15.9 Å². The molecule has 1 atom stereocenters. The predicted molar refractivity (Wildman–Crippen MR) is 66.5 cm³/mol. The van der Waals surface area contributed by atoms with Crippen LogP contribution in [0, 0.1) is 0 Å². The molecule has 3 N–H and O–H groups in total. The van der Waals surface area contributed by atoms with Gasteiger partial charge in [0.05, 0.1) is 12.2 Å². The third kappa shape index (κ3) is 3.00. The van der Waals surface area contributed by atoms with E-state index < -0.39 is 24.4 Å². The smallest absolute Gasteiger partial charge is 0.394 e. The van der Waals surface area contributed by atoms with Crippen molar-refractivity contribution in [3.8, 4) is 11.4 Å². The van der Waals surface area contributed by atoms with Gasteiger partial charge >= 0.3 is 6.18 Å². The summed E-state index contributed by atoms with van der Waals surface area (Å²) in [6.45, 7) is -0.450. The standard InChI is InChI=1S/C11H9BrF3N3O2/c12-5-1-2-6(7(3-5)11(13,14)15)9-17-10(20-18-9)8(16)4-19/h1-3,8,19H,4,16H2. The lowest BCUT2D eigenvalue weighted by Crippen LogP contribution is -2.14. The zero-order valence-corrected chi connectivity index (χ0v) is 11.4. The second-order valence-electron chi connectivity index (χ2n) is 3.93. The van der Waals surface area contributed by atoms with E-state index in [1.165, 1.54) is 12.1 Å². The van der Waals surface area contributed by atoms with Crippen LogP contribution in [0.5, 0.6) is 0 Å². The zero-order chi connectivity index (χ0) is 14.9. The van der Waals surface area contributed by atoms with E-state index in [4.69, 9.17) is 15.4 Å². The number of aliphatic hydroxyl groups excluding tert-OH is 1. The third-order valence-electron chi connectivity index (χ3n) is 2.48. The topological polar surface area (TPSA) is 85.2 Å². The van der Waals surface area contributed by atoms with E-state index >= 15 is 0 Å². The highest BCUT2D eigenvalue weighted by molar-refractivity contribution is 9.10. The van der Waals surface area contributed by atoms with Gasteiger partial charge in [-0.2, -0.15) is 18.2 Å². The van der Waals surface area contributed by atoms with E-state index in [1.54, 1.807) is 0 Å². The zero-order valence-electron chi connectivity index (χ0n) is 9.86. The van der Waals surface area contributed by atoms with Gasteiger partial charge in [-0.3, -0.25) is 0 Å². The largest absolute Gasteiger partial charge is 0.417 e. The number of halogens is 4. The fraction of sp³-hybridized carbons (Fsp3) is 0.273. The van der Waals surface area contributed by atoms with Crippen molar-refractivity contribution in [3.05, 3.63) is 34.1 Å². The average molecular weight is 352 g/mol. The summed E-state index contributed by atoms with van der Waals surface area (Å²) in [5.74, 6) is -0.359. The highest BCUT2D eigenvalue weighted by atomic mass is 79.9. The Morgan fingerprint density at radius 2 is 2.10 bits per heavy atom. The third-order valence-corrected chi connectivity index (χ3v) is 2.98. The average Bonchev–Trinajstić information content (AvgIpc) is 2.86. The molecular formula is C11H9BrF3N3O2. The molecule has 1 aromatic heterocycles. The summed E-state index contributed by atoms with van der Waals surface area (Å²) in [5, 5.41) is 12.3. The van der Waals surface area contributed by atoms with Gasteiger partial charge in [0.15, 0.2) is 0 Å². The molecule has 108 valence electrons. The summed E-state index contributed by atoms with van der Waals surface area (Å²) in [6.07, 6.45) is -4.56. The minimum Gasteiger partial charge on any atom is -0.394 e. The molecule has 0 aliphatic rings. The van der Waals surface area contributed by atoms with Crippen molar-refractivity contribution >= 4 is 15.9 Å². The number of alkyl halides is 3. The molecule has 0 saturated carbocycles. The Kier molecular flexibility index (Phi) is 4.11. The molecule has 0 saturated heterocycles. The molecule has 0 aliphatic carbocycles. The first-order chi connectivity index (χ1) is 9.32. The van der Waals surface area contributed by atoms with Gasteiger partial charge in [-0.1, -0.05) is 21.1 Å². The number of aliphatic hydroxyl groups is 1. The number of nitrogens with two attached hydrogens (primary N) is 1. The summed E-state index contributed by atoms with van der Waals surface area (Å²) in [7, 11) is 0. The van der Waals surface area contributed by atoms with Crippen LogP contribution in [0.1, 0.15) is 17.5 Å². The molecule has 2 rings (SSSR count). The highest BCUT2D eigenvalue weighted by Gasteiger charge is 2.35. The maximum absolute atomic E-state index is 13.0. The van der Waals surface area contributed by atoms with Gasteiger partial charge in [0, 0.05) is 10.0 Å². The number of rotatable bonds is 3. The molecule has 0 aliphatic heterocycles. The van der Waals surface area contributed by atoms with Crippen molar-refractivity contribution in [3.63, 3.8) is 0 Å². The van der Waals surface area contributed by atoms with Crippen molar-refractivity contribution in [2.45, 2.75) is 12.2 Å². The van der Waals surface area contributed by atoms with Crippen LogP contribution < -0.4 is 5.73 Å². The van der Waals surface area contributed by atoms with E-state index in [2.05, 4.69) is 26.1 Å². The molecule has 0 amide bonds. The first-order valence-corrected chi connectivity index (χ1v) is 6.19. The number of benzene rings is 1. The van der Waals surface area contributed by atoms with E-state index in [-0.39, 0.29) is 21.8 Å². The molecule has 20 heavy (non-hydrogen) atoms. The van der Waals surface area contributed by atoms with Crippen molar-refractivity contribution in [2.75, 3.05) is 6.61 Å². The van der Waals surface area contributed by atoms with Gasteiger partial charge in [0.1, 0.15) is 6.04 Å². The quantitative estimate of drug-likeness (QED) is 0.887. The molecule has 1 aromatic carbocycles. The normalized spacial score (nSPS) is 13.5. The molecule has 1 heterocycles. The lowest BCUT2D eigenvalue weighted by Gasteiger charge is -2.10. The predicted octanol–water partition coefficient (Wildman–Crippen LogP) is 2.51. The number of hydrogen-bond acceptors (Lipinski definition) is 5. The maximum atomic E-state index is 13.0. The lowest BCUT2D eigenvalue weighted by molar-refractivity contribution is -0.137. The minimum absolute atomic E-state index is 0.126. The van der Waals surface area contributed by atoms with Crippen LogP contribution in [-0.2, 0) is 6.18 Å². The molecule has 0 radical (unpaired) electrons. The van der Waals surface area contributed by atoms with E-state index in [0.29, 0.717) is 0 Å². The Morgan fingerprint density at radius 3 is 2.70 bits per heavy atom. The second kappa shape index (κ2) is 5.51. The summed E-state index contributed by atoms with van der Waals surface area (Å²) in [4.78, 5) is 3.78. The van der Waals surface area contributed by atoms with E-state index in [0.717, 1.165) is 6.07 Å². The van der Waals surface area contributed by atoms with Crippen molar-refractivity contribution in [1.29, 1.82) is 0 Å². The molecule has 2 aromatic rings. The van der Waals surface area contributed by atoms with Gasteiger partial charge in [0.2, 0.25) is 11.7 Å². The summed E-state index contributed by atoms with van der Waals surface area (Å²) in [5.41, 5.74) is 4.34. The van der Waals surface area contributed by atoms with Crippen molar-refractivity contribution in [2.24, 2.45) is 5.73 Å². The molecule has 0 spiro atoms. The van der Waals surface area contributed by atoms with Crippen LogP contribution in [0.15, 0.2) is 27.2 Å². The monoisotopic (exact) mass is 351 g/mol. The molecule has 9 heteroatoms. The molecule has 0 bridgehead atoms. The summed E-state index contributed by atoms with van der Waals surface area (Å²) < 4.78 is 43.9. The van der Waals surface area contributed by atoms with Gasteiger partial charge in [-0.15, -0.1) is 0 Å². The van der Waals surface area contributed by atoms with Crippen molar-refractivity contribution < 1.29 is 22.8 Å². The Bertz CT molecular complexity index is 615. The van der Waals surface area contributed by atoms with Gasteiger partial charge in [-0.05, 0) is 18.2 Å². The van der Waals surface area contributed by atoms with E-state index in [9.17, 15) is 13.2 Å². The Labute approximate surface area is 119 Å². The van der Waals surface area contributed by atoms with Crippen LogP contribution in [0.3, 0.4) is 0 Å². The lowest BCUT2D eigenvalue weighted by atomic mass is 10.1. The molecule has 5 nitrogen and oxygen atoms in total. The minimum atomic E-state index is -4.56. The van der Waals surface area contributed by atoms with Crippen LogP contribution in [0.25, 0.3) is 11.4 Å². The van der Waals surface area contributed by atoms with Crippen LogP contribution in [0.2, 0.25) is 0 Å². The summed E-state index contributed by atoms with van der Waals surface area (Å²) >= 11 is 2.98. The van der Waals surface area contributed by atoms with Gasteiger partial charge in [0.25, 0.3) is 0 Å². The fourth-order valence-corrected chi connectivity index (χ4v) is 1.88. The Hall–Kier alpha value is -1.45. The second-order valence-corrected chi connectivity index (χ2v) is 4.85. The Morgan fingerprint density at radius 1 is 1.40 bits per heavy atom. The SMILES string of the molecule is NC(CO)c1nc(-c2ccc(Br)cc2C(F)(F)F)no1. The first kappa shape index (κ1) is 14.9. The van der Waals surface area contributed by atoms with E-state index in [1.807, 2.05) is 0 Å². The number of nitrogens with zero attached hydrogens (tertiary/aromatic N) is 2. The van der Waals surface area contributed by atoms with Crippen molar-refractivity contribution in [1.82, 2.24) is 10.1 Å². The van der Waals surface area contributed by atoms with Gasteiger partial charge in [-0.25, -0.2) is 0 Å². The Balaban J connectivity index is 2.50. The molecule has 1 unspecified atom stereocenters. The van der Waals surface area contributed by atoms with Crippen LogP contribution in [-0.4, -0.2) is 21.9 Å². The fourth-order valence-electron chi connectivity index (χ4n) is 1.52. The summed E-state index contributed by atoms with van der Waals surface area (Å²) in [6, 6.07) is 2.66.